The standard InChI is InChI=1S/C51H34N4S2.C31H22S2.C21H14BrN3/c1-50(2)37-21-10-9-20-35(37)36-29-42-44(30-41(36)50)55(43-23-12-11-22-38(43)51(42)39-24-26-56-45(39)46-40(51)25-27-57-46)34-19-13-18-33(28-34)49-53-47(31-14-5-3-6-15-31)52-48(54-49)32-16-7-4-8-17-32;1-30(2)23-10-6-4-8-20(23)21-17-26-19(16-27(21)30)15-18-7-3-5-9-22(18)31(26)24-11-13-32-28(24)29-25(31)12-14-33-29;22-18-13-7-12-17(14-18)21-24-19(15-8-3-1-4-9-15)23-20(25-21)16-10-5-2-6-11-16/h3-30H,1-2H3;3-14,16-17H,15H2,1-2H3;1-14H. The summed E-state index contributed by atoms with van der Waals surface area (Å²) >= 11 is 11.0. The predicted octanol–water partition coefficient (Wildman–Crippen LogP) is 27.5. The van der Waals surface area contributed by atoms with Gasteiger partial charge in [0, 0.05) is 73.9 Å². The fourth-order valence-electron chi connectivity index (χ4n) is 19.3. The van der Waals surface area contributed by atoms with Gasteiger partial charge in [-0.3, -0.25) is 0 Å². The fraction of sp³-hybridized carbons (Fsp3) is 0.0874. The van der Waals surface area contributed by atoms with Gasteiger partial charge in [-0.25, -0.2) is 29.9 Å². The Kier molecular flexibility index (Phi) is 16.3. The highest BCUT2D eigenvalue weighted by atomic mass is 79.9. The first kappa shape index (κ1) is 69.5. The second-order valence-corrected chi connectivity index (χ2v) is 35.9. The molecule has 0 atom stereocenters. The summed E-state index contributed by atoms with van der Waals surface area (Å²) in [6.07, 6.45) is 1.01. The SMILES string of the molecule is Brc1cccc(-c2nc(-c3ccccc3)nc(-c3ccccc3)n2)c1.CC1(C)c2ccccc2-c2cc3c(cc21)Cc1ccccc1C31c2ccsc2-c2sccc21.CC1(C)c2ccccc2-c2cc3c(cc21)N(c1cccc(-c2nc(-c4ccccc4)nc(-c4ccccc4)n2)c1)c1ccccc1C31c2ccsc2-c2sccc21. The third-order valence-electron chi connectivity index (χ3n) is 24.4. The number of rotatable bonds is 7. The van der Waals surface area contributed by atoms with Crippen LogP contribution in [-0.2, 0) is 28.1 Å². The van der Waals surface area contributed by atoms with Crippen LogP contribution in [0.5, 0.6) is 0 Å². The Balaban J connectivity index is 0.000000117. The maximum absolute atomic E-state index is 5.12. The minimum Gasteiger partial charge on any atom is -0.310 e. The maximum Gasteiger partial charge on any atom is 0.164 e. The molecule has 24 rings (SSSR count). The number of anilines is 3. The van der Waals surface area contributed by atoms with Crippen LogP contribution in [0.2, 0.25) is 0 Å². The summed E-state index contributed by atoms with van der Waals surface area (Å²) in [6, 6.07) is 113. The zero-order valence-electron chi connectivity index (χ0n) is 63.2. The van der Waals surface area contributed by atoms with Crippen LogP contribution in [0.4, 0.5) is 17.1 Å². The van der Waals surface area contributed by atoms with Gasteiger partial charge in [-0.1, -0.05) is 286 Å². The van der Waals surface area contributed by atoms with Crippen molar-refractivity contribution in [1.82, 2.24) is 29.9 Å². The molecule has 0 amide bonds. The van der Waals surface area contributed by atoms with Gasteiger partial charge in [0.2, 0.25) is 0 Å². The highest BCUT2D eigenvalue weighted by Crippen LogP contribution is 2.68. The first-order valence-corrected chi connectivity index (χ1v) is 43.2. The van der Waals surface area contributed by atoms with Gasteiger partial charge in [0.25, 0.3) is 0 Å². The van der Waals surface area contributed by atoms with Crippen molar-refractivity contribution < 1.29 is 0 Å². The Hall–Kier alpha value is -12.3. The largest absolute Gasteiger partial charge is 0.310 e. The molecule has 1 aliphatic heterocycles. The van der Waals surface area contributed by atoms with E-state index >= 15 is 0 Å². The normalized spacial score (nSPS) is 14.5. The molecular formula is C103H70BrN7S4. The van der Waals surface area contributed by atoms with E-state index in [9.17, 15) is 0 Å². The number of thiophene rings is 4. The van der Waals surface area contributed by atoms with Gasteiger partial charge in [-0.2, -0.15) is 0 Å². The summed E-state index contributed by atoms with van der Waals surface area (Å²) in [4.78, 5) is 37.5. The topological polar surface area (TPSA) is 80.6 Å². The number of halogens is 1. The average Bonchev–Trinajstić information content (AvgIpc) is 1.53. The van der Waals surface area contributed by atoms with Crippen LogP contribution in [0.25, 0.3) is 110 Å². The molecule has 0 unspecified atom stereocenters. The van der Waals surface area contributed by atoms with E-state index in [1.165, 1.54) is 131 Å². The lowest BCUT2D eigenvalue weighted by Gasteiger charge is -2.45. The zero-order valence-corrected chi connectivity index (χ0v) is 68.0. The Labute approximate surface area is 692 Å². The highest BCUT2D eigenvalue weighted by molar-refractivity contribution is 9.10. The molecule has 0 N–H and O–H groups in total. The molecule has 0 fully saturated rings. The smallest absolute Gasteiger partial charge is 0.164 e. The van der Waals surface area contributed by atoms with Gasteiger partial charge >= 0.3 is 0 Å². The summed E-state index contributed by atoms with van der Waals surface area (Å²) in [7, 11) is 0. The molecule has 12 heteroatoms. The Bertz CT molecular complexity index is 6740. The van der Waals surface area contributed by atoms with E-state index in [-0.39, 0.29) is 16.2 Å². The van der Waals surface area contributed by atoms with E-state index in [0.29, 0.717) is 34.9 Å². The quantitative estimate of drug-likeness (QED) is 0.157. The molecule has 548 valence electrons. The monoisotopic (exact) mass is 1610 g/mol. The molecule has 7 nitrogen and oxygen atoms in total. The Morgan fingerprint density at radius 1 is 0.261 bits per heavy atom. The second-order valence-electron chi connectivity index (χ2n) is 31.3. The summed E-state index contributed by atoms with van der Waals surface area (Å²) in [5, 5.41) is 9.14. The van der Waals surface area contributed by atoms with Gasteiger partial charge in [-0.15, -0.1) is 45.3 Å². The van der Waals surface area contributed by atoms with Crippen LogP contribution in [0.15, 0.2) is 341 Å². The third kappa shape index (κ3) is 10.7. The lowest BCUT2D eigenvalue weighted by molar-refractivity contribution is 0.655. The van der Waals surface area contributed by atoms with Crippen molar-refractivity contribution in [3.63, 3.8) is 0 Å². The van der Waals surface area contributed by atoms with Gasteiger partial charge in [0.05, 0.1) is 22.2 Å². The predicted molar refractivity (Wildman–Crippen MR) is 479 cm³/mol. The van der Waals surface area contributed by atoms with Crippen molar-refractivity contribution in [3.05, 3.63) is 419 Å². The van der Waals surface area contributed by atoms with Crippen LogP contribution < -0.4 is 4.90 Å². The number of para-hydroxylation sites is 1. The van der Waals surface area contributed by atoms with Crippen molar-refractivity contribution in [1.29, 1.82) is 0 Å². The van der Waals surface area contributed by atoms with Crippen molar-refractivity contribution in [2.75, 3.05) is 4.90 Å². The zero-order chi connectivity index (χ0) is 76.9. The van der Waals surface area contributed by atoms with Gasteiger partial charge in [0.1, 0.15) is 0 Å². The number of aromatic nitrogens is 6. The van der Waals surface area contributed by atoms with E-state index in [0.717, 1.165) is 50.0 Å². The molecule has 2 spiro atoms. The second kappa shape index (κ2) is 26.9. The first-order chi connectivity index (χ1) is 56.4. The minimum atomic E-state index is -0.454. The summed E-state index contributed by atoms with van der Waals surface area (Å²) in [5.74, 6) is 3.94. The van der Waals surface area contributed by atoms with Gasteiger partial charge < -0.3 is 4.90 Å². The molecule has 5 aliphatic carbocycles. The van der Waals surface area contributed by atoms with Crippen molar-refractivity contribution in [3.8, 4) is 110 Å². The van der Waals surface area contributed by atoms with Crippen LogP contribution in [-0.4, -0.2) is 29.9 Å². The number of fused-ring (bicyclic) bond motifs is 24. The Morgan fingerprint density at radius 3 is 1.10 bits per heavy atom. The summed E-state index contributed by atoms with van der Waals surface area (Å²) in [6.45, 7) is 9.53. The fourth-order valence-corrected chi connectivity index (χ4v) is 23.9. The van der Waals surface area contributed by atoms with Crippen molar-refractivity contribution >= 4 is 78.3 Å². The van der Waals surface area contributed by atoms with Gasteiger partial charge in [-0.05, 0) is 201 Å². The molecular weight excluding hydrogens is 1540 g/mol. The molecule has 0 radical (unpaired) electrons. The van der Waals surface area contributed by atoms with Crippen LogP contribution in [0, 0.1) is 0 Å². The molecule has 6 aliphatic rings. The lowest BCUT2D eigenvalue weighted by Crippen LogP contribution is -2.36. The van der Waals surface area contributed by atoms with Crippen molar-refractivity contribution in [2.45, 2.75) is 55.8 Å². The first-order valence-electron chi connectivity index (χ1n) is 38.9. The molecule has 7 heterocycles. The number of hydrogen-bond donors (Lipinski definition) is 0. The molecule has 0 saturated carbocycles. The minimum absolute atomic E-state index is 0.0296. The van der Waals surface area contributed by atoms with E-state index in [2.05, 4.69) is 269 Å². The van der Waals surface area contributed by atoms with E-state index < -0.39 is 5.41 Å². The number of hydrogen-bond acceptors (Lipinski definition) is 11. The van der Waals surface area contributed by atoms with Crippen LogP contribution >= 0.6 is 61.3 Å². The van der Waals surface area contributed by atoms with Crippen LogP contribution in [0.1, 0.15) is 106 Å². The molecule has 12 aromatic carbocycles. The third-order valence-corrected chi connectivity index (χ3v) is 28.9. The van der Waals surface area contributed by atoms with E-state index in [1.54, 1.807) is 0 Å². The summed E-state index contributed by atoms with van der Waals surface area (Å²) in [5.41, 5.74) is 33.8. The van der Waals surface area contributed by atoms with Crippen LogP contribution in [0.3, 0.4) is 0 Å². The molecule has 0 saturated heterocycles. The van der Waals surface area contributed by atoms with E-state index in [1.807, 2.05) is 167 Å². The lowest BCUT2D eigenvalue weighted by atomic mass is 9.61. The van der Waals surface area contributed by atoms with E-state index in [4.69, 9.17) is 24.9 Å². The molecule has 18 aromatic rings. The van der Waals surface area contributed by atoms with Gasteiger partial charge in [0.15, 0.2) is 34.9 Å². The maximum atomic E-state index is 5.12. The summed E-state index contributed by atoms with van der Waals surface area (Å²) < 4.78 is 0.993. The molecule has 115 heavy (non-hydrogen) atoms. The number of benzene rings is 12. The average molecular weight is 1610 g/mol. The molecule has 0 bridgehead atoms. The highest BCUT2D eigenvalue weighted by Gasteiger charge is 2.55. The Morgan fingerprint density at radius 2 is 0.626 bits per heavy atom. The number of nitrogens with zero attached hydrogens (tertiary/aromatic N) is 7. The van der Waals surface area contributed by atoms with Crippen molar-refractivity contribution in [2.24, 2.45) is 0 Å². The molecule has 6 aromatic heterocycles.